The van der Waals surface area contributed by atoms with Crippen LogP contribution in [0.4, 0.5) is 5.69 Å². The average Bonchev–Trinajstić information content (AvgIpc) is 3.13. The van der Waals surface area contributed by atoms with Crippen molar-refractivity contribution in [3.05, 3.63) is 80.0 Å². The summed E-state index contributed by atoms with van der Waals surface area (Å²) in [6.07, 6.45) is 1.32. The Balaban J connectivity index is 1.86. The summed E-state index contributed by atoms with van der Waals surface area (Å²) in [5.41, 5.74) is 0.725. The zero-order valence-electron chi connectivity index (χ0n) is 14.0. The van der Waals surface area contributed by atoms with Crippen molar-refractivity contribution >= 4 is 64.1 Å². The maximum Gasteiger partial charge on any atom is 0.266 e. The van der Waals surface area contributed by atoms with Gasteiger partial charge in [0, 0.05) is 16.7 Å². The maximum atomic E-state index is 12.4. The van der Waals surface area contributed by atoms with Crippen molar-refractivity contribution < 1.29 is 9.21 Å². The topological polar surface area (TPSA) is 66.0 Å². The molecule has 140 valence electrons. The standard InChI is InChI=1S/C20H10Cl4N2O2/c21-12-4-6-15(22)17(9-12)26-20(27)11(10-25)8-13-5-7-18(28-13)14-2-1-3-16(23)19(14)24/h1-9H,(H,26,27). The second kappa shape index (κ2) is 8.72. The first-order valence-electron chi connectivity index (χ1n) is 7.81. The summed E-state index contributed by atoms with van der Waals surface area (Å²) in [6.45, 7) is 0. The van der Waals surface area contributed by atoms with E-state index in [0.717, 1.165) is 0 Å². The van der Waals surface area contributed by atoms with Gasteiger partial charge in [-0.15, -0.1) is 0 Å². The van der Waals surface area contributed by atoms with Gasteiger partial charge in [0.15, 0.2) is 0 Å². The Kier molecular flexibility index (Phi) is 6.33. The number of rotatable bonds is 4. The molecule has 0 aliphatic rings. The molecular weight excluding hydrogens is 442 g/mol. The monoisotopic (exact) mass is 450 g/mol. The van der Waals surface area contributed by atoms with E-state index in [1.54, 1.807) is 42.5 Å². The molecule has 1 aromatic heterocycles. The van der Waals surface area contributed by atoms with Gasteiger partial charge in [-0.1, -0.05) is 52.5 Å². The molecule has 0 unspecified atom stereocenters. The molecule has 0 aliphatic carbocycles. The molecule has 3 aromatic rings. The van der Waals surface area contributed by atoms with Crippen molar-refractivity contribution in [1.29, 1.82) is 5.26 Å². The number of benzene rings is 2. The second-order valence-electron chi connectivity index (χ2n) is 5.55. The molecule has 0 atom stereocenters. The first kappa shape index (κ1) is 20.3. The number of carbonyl (C=O) groups is 1. The average molecular weight is 452 g/mol. The van der Waals surface area contributed by atoms with Crippen molar-refractivity contribution in [3.63, 3.8) is 0 Å². The second-order valence-corrected chi connectivity index (χ2v) is 7.18. The van der Waals surface area contributed by atoms with Crippen molar-refractivity contribution in [2.45, 2.75) is 0 Å². The predicted octanol–water partition coefficient (Wildman–Crippen LogP) is 7.11. The number of hydrogen-bond acceptors (Lipinski definition) is 3. The van der Waals surface area contributed by atoms with Gasteiger partial charge in [-0.25, -0.2) is 0 Å². The van der Waals surface area contributed by atoms with Crippen LogP contribution in [0, 0.1) is 11.3 Å². The number of hydrogen-bond donors (Lipinski definition) is 1. The summed E-state index contributed by atoms with van der Waals surface area (Å²) in [6, 6.07) is 14.9. The molecule has 3 rings (SSSR count). The van der Waals surface area contributed by atoms with E-state index in [-0.39, 0.29) is 5.57 Å². The van der Waals surface area contributed by atoms with Crippen LogP contribution in [0.1, 0.15) is 5.76 Å². The Labute approximate surface area is 180 Å². The molecule has 28 heavy (non-hydrogen) atoms. The number of nitriles is 1. The lowest BCUT2D eigenvalue weighted by Crippen LogP contribution is -2.13. The fourth-order valence-corrected chi connectivity index (χ4v) is 3.07. The lowest BCUT2D eigenvalue weighted by atomic mass is 10.2. The minimum Gasteiger partial charge on any atom is -0.457 e. The SMILES string of the molecule is N#CC(=Cc1ccc(-c2cccc(Cl)c2Cl)o1)C(=O)Nc1cc(Cl)ccc1Cl. The first-order valence-corrected chi connectivity index (χ1v) is 9.32. The zero-order chi connectivity index (χ0) is 20.3. The normalized spacial score (nSPS) is 11.2. The molecule has 8 heteroatoms. The summed E-state index contributed by atoms with van der Waals surface area (Å²) in [4.78, 5) is 12.4. The fourth-order valence-electron chi connectivity index (χ4n) is 2.34. The molecule has 0 aliphatic heterocycles. The summed E-state index contributed by atoms with van der Waals surface area (Å²) >= 11 is 24.1. The number of furan rings is 1. The van der Waals surface area contributed by atoms with Crippen LogP contribution < -0.4 is 5.32 Å². The molecule has 0 spiro atoms. The van der Waals surface area contributed by atoms with E-state index in [2.05, 4.69) is 5.32 Å². The highest BCUT2D eigenvalue weighted by atomic mass is 35.5. The Morgan fingerprint density at radius 1 is 1.04 bits per heavy atom. The number of nitrogens with one attached hydrogen (secondary N) is 1. The maximum absolute atomic E-state index is 12.4. The largest absolute Gasteiger partial charge is 0.457 e. The number of nitrogens with zero attached hydrogens (tertiary/aromatic N) is 1. The van der Waals surface area contributed by atoms with Gasteiger partial charge < -0.3 is 9.73 Å². The lowest BCUT2D eigenvalue weighted by Gasteiger charge is -2.06. The van der Waals surface area contributed by atoms with E-state index in [0.29, 0.717) is 42.9 Å². The highest BCUT2D eigenvalue weighted by Gasteiger charge is 2.14. The van der Waals surface area contributed by atoms with Gasteiger partial charge in [0.1, 0.15) is 23.2 Å². The summed E-state index contributed by atoms with van der Waals surface area (Å²) < 4.78 is 5.68. The summed E-state index contributed by atoms with van der Waals surface area (Å²) in [7, 11) is 0. The minimum atomic E-state index is -0.648. The van der Waals surface area contributed by atoms with Gasteiger partial charge in [0.25, 0.3) is 5.91 Å². The Morgan fingerprint density at radius 3 is 2.57 bits per heavy atom. The smallest absolute Gasteiger partial charge is 0.266 e. The Bertz CT molecular complexity index is 1130. The lowest BCUT2D eigenvalue weighted by molar-refractivity contribution is -0.112. The number of amides is 1. The van der Waals surface area contributed by atoms with Crippen molar-refractivity contribution in [1.82, 2.24) is 0 Å². The van der Waals surface area contributed by atoms with Crippen LogP contribution in [-0.4, -0.2) is 5.91 Å². The third-order valence-electron chi connectivity index (χ3n) is 3.67. The third-order valence-corrected chi connectivity index (χ3v) is 5.06. The van der Waals surface area contributed by atoms with E-state index < -0.39 is 5.91 Å². The molecule has 4 nitrogen and oxygen atoms in total. The highest BCUT2D eigenvalue weighted by molar-refractivity contribution is 6.43. The molecule has 1 amide bonds. The highest BCUT2D eigenvalue weighted by Crippen LogP contribution is 2.34. The molecule has 1 N–H and O–H groups in total. The van der Waals surface area contributed by atoms with E-state index in [1.807, 2.05) is 6.07 Å². The van der Waals surface area contributed by atoms with Crippen molar-refractivity contribution in [2.24, 2.45) is 0 Å². The van der Waals surface area contributed by atoms with E-state index in [1.165, 1.54) is 12.1 Å². The van der Waals surface area contributed by atoms with Gasteiger partial charge in [-0.2, -0.15) is 5.26 Å². The van der Waals surface area contributed by atoms with Crippen LogP contribution in [-0.2, 0) is 4.79 Å². The van der Waals surface area contributed by atoms with Crippen molar-refractivity contribution in [2.75, 3.05) is 5.32 Å². The van der Waals surface area contributed by atoms with Gasteiger partial charge in [0.05, 0.1) is 20.8 Å². The fraction of sp³-hybridized carbons (Fsp3) is 0. The molecule has 1 heterocycles. The molecule has 0 fully saturated rings. The molecule has 0 saturated heterocycles. The first-order chi connectivity index (χ1) is 13.4. The molecule has 0 bridgehead atoms. The van der Waals surface area contributed by atoms with Crippen LogP contribution in [0.25, 0.3) is 17.4 Å². The molecule has 0 saturated carbocycles. The molecule has 2 aromatic carbocycles. The third kappa shape index (κ3) is 4.52. The van der Waals surface area contributed by atoms with E-state index in [4.69, 9.17) is 50.8 Å². The van der Waals surface area contributed by atoms with E-state index in [9.17, 15) is 10.1 Å². The van der Waals surface area contributed by atoms with Gasteiger partial charge in [-0.05, 0) is 42.5 Å². The van der Waals surface area contributed by atoms with Gasteiger partial charge in [0.2, 0.25) is 0 Å². The van der Waals surface area contributed by atoms with Crippen molar-refractivity contribution in [3.8, 4) is 17.4 Å². The van der Waals surface area contributed by atoms with Crippen LogP contribution in [0.2, 0.25) is 20.1 Å². The van der Waals surface area contributed by atoms with Crippen LogP contribution >= 0.6 is 46.4 Å². The Hall–Kier alpha value is -2.42. The zero-order valence-corrected chi connectivity index (χ0v) is 17.0. The number of anilines is 1. The van der Waals surface area contributed by atoms with Crippen LogP contribution in [0.3, 0.4) is 0 Å². The number of halogens is 4. The summed E-state index contributed by atoms with van der Waals surface area (Å²) in [5, 5.41) is 13.3. The van der Waals surface area contributed by atoms with Crippen LogP contribution in [0.15, 0.2) is 58.5 Å². The number of carbonyl (C=O) groups excluding carboxylic acids is 1. The van der Waals surface area contributed by atoms with E-state index >= 15 is 0 Å². The summed E-state index contributed by atoms with van der Waals surface area (Å²) in [5.74, 6) is 0.106. The minimum absolute atomic E-state index is 0.172. The van der Waals surface area contributed by atoms with Crippen LogP contribution in [0.5, 0.6) is 0 Å². The van der Waals surface area contributed by atoms with Gasteiger partial charge >= 0.3 is 0 Å². The Morgan fingerprint density at radius 2 is 1.82 bits per heavy atom. The molecule has 0 radical (unpaired) electrons. The molecular formula is C20H10Cl4N2O2. The van der Waals surface area contributed by atoms with Gasteiger partial charge in [-0.3, -0.25) is 4.79 Å². The quantitative estimate of drug-likeness (QED) is 0.339. The predicted molar refractivity (Wildman–Crippen MR) is 113 cm³/mol.